The zero-order valence-corrected chi connectivity index (χ0v) is 20.5. The van der Waals surface area contributed by atoms with E-state index in [0.717, 1.165) is 50.5 Å². The molecule has 2 aromatic carbocycles. The third kappa shape index (κ3) is 5.17. The second kappa shape index (κ2) is 10.6. The monoisotopic (exact) mass is 492 g/mol. The van der Waals surface area contributed by atoms with Crippen LogP contribution in [0.1, 0.15) is 28.8 Å². The van der Waals surface area contributed by atoms with Crippen molar-refractivity contribution < 1.29 is 19.0 Å². The number of piperidine rings is 1. The van der Waals surface area contributed by atoms with Crippen LogP contribution in [0.25, 0.3) is 10.9 Å². The lowest BCUT2D eigenvalue weighted by Gasteiger charge is -2.32. The fraction of sp³-hybridized carbons (Fsp3) is 0.407. The van der Waals surface area contributed by atoms with Gasteiger partial charge in [0.1, 0.15) is 19.0 Å². The summed E-state index contributed by atoms with van der Waals surface area (Å²) in [6.45, 7) is 5.15. The number of nitrogens with two attached hydrogens (primary N) is 1. The quantitative estimate of drug-likeness (QED) is 0.496. The van der Waals surface area contributed by atoms with Crippen LogP contribution < -0.4 is 30.8 Å². The number of primary amides is 1. The van der Waals surface area contributed by atoms with E-state index in [1.54, 1.807) is 29.9 Å². The maximum atomic E-state index is 12.9. The summed E-state index contributed by atoms with van der Waals surface area (Å²) in [5, 5.41) is 4.32. The van der Waals surface area contributed by atoms with Gasteiger partial charge in [0, 0.05) is 43.2 Å². The number of benzene rings is 2. The standard InChI is InChI=1S/C27H32N4O5/c1-34-20-3-4-21-22(27(28)33)16-26(32)31(23(21)15-20)11-10-30-8-6-19(7-9-30)29-17-18-2-5-24-25(14-18)36-13-12-35-24/h2-5,14-16,19,29H,6-13,17H2,1H3,(H2,28,33). The number of nitrogens with zero attached hydrogens (tertiary/aromatic N) is 2. The van der Waals surface area contributed by atoms with Gasteiger partial charge in [0.2, 0.25) is 5.91 Å². The number of rotatable bonds is 8. The summed E-state index contributed by atoms with van der Waals surface area (Å²) in [5.41, 5.74) is 7.36. The number of carbonyl (C=O) groups is 1. The molecule has 0 saturated carbocycles. The first-order valence-corrected chi connectivity index (χ1v) is 12.4. The highest BCUT2D eigenvalue weighted by molar-refractivity contribution is 6.05. The molecule has 3 aromatic rings. The lowest BCUT2D eigenvalue weighted by atomic mass is 10.0. The van der Waals surface area contributed by atoms with Crippen LogP contribution >= 0.6 is 0 Å². The highest BCUT2D eigenvalue weighted by Crippen LogP contribution is 2.30. The Balaban J connectivity index is 1.18. The summed E-state index contributed by atoms with van der Waals surface area (Å²) in [7, 11) is 1.58. The van der Waals surface area contributed by atoms with Crippen molar-refractivity contribution in [3.63, 3.8) is 0 Å². The topological polar surface area (TPSA) is 108 Å². The molecule has 0 spiro atoms. The highest BCUT2D eigenvalue weighted by Gasteiger charge is 2.20. The molecular formula is C27H32N4O5. The number of nitrogens with one attached hydrogen (secondary N) is 1. The molecule has 36 heavy (non-hydrogen) atoms. The summed E-state index contributed by atoms with van der Waals surface area (Å²) in [6.07, 6.45) is 2.07. The number of pyridine rings is 1. The van der Waals surface area contributed by atoms with Crippen LogP contribution in [0.15, 0.2) is 47.3 Å². The summed E-state index contributed by atoms with van der Waals surface area (Å²) >= 11 is 0. The number of likely N-dealkylation sites (tertiary alicyclic amines) is 1. The zero-order valence-electron chi connectivity index (χ0n) is 20.5. The number of methoxy groups -OCH3 is 1. The summed E-state index contributed by atoms with van der Waals surface area (Å²) in [6, 6.07) is 13.2. The van der Waals surface area contributed by atoms with E-state index in [9.17, 15) is 9.59 Å². The minimum atomic E-state index is -0.611. The lowest BCUT2D eigenvalue weighted by Crippen LogP contribution is -2.43. The molecule has 3 heterocycles. The van der Waals surface area contributed by atoms with Crippen molar-refractivity contribution >= 4 is 16.8 Å². The molecule has 0 unspecified atom stereocenters. The Morgan fingerprint density at radius 1 is 1.06 bits per heavy atom. The molecule has 0 radical (unpaired) electrons. The van der Waals surface area contributed by atoms with Crippen molar-refractivity contribution in [1.29, 1.82) is 0 Å². The van der Waals surface area contributed by atoms with E-state index in [-0.39, 0.29) is 11.1 Å². The van der Waals surface area contributed by atoms with Crippen LogP contribution in [0.3, 0.4) is 0 Å². The van der Waals surface area contributed by atoms with Crippen LogP contribution in [0.2, 0.25) is 0 Å². The van der Waals surface area contributed by atoms with Gasteiger partial charge in [-0.15, -0.1) is 0 Å². The minimum absolute atomic E-state index is 0.235. The molecule has 3 N–H and O–H groups in total. The van der Waals surface area contributed by atoms with Gasteiger partial charge in [-0.05, 0) is 55.8 Å². The molecule has 1 aromatic heterocycles. The molecule has 2 aliphatic rings. The fourth-order valence-corrected chi connectivity index (χ4v) is 4.98. The van der Waals surface area contributed by atoms with Crippen molar-refractivity contribution in [2.75, 3.05) is 40.0 Å². The van der Waals surface area contributed by atoms with Gasteiger partial charge in [-0.25, -0.2) is 0 Å². The molecule has 1 saturated heterocycles. The maximum absolute atomic E-state index is 12.9. The number of fused-ring (bicyclic) bond motifs is 2. The van der Waals surface area contributed by atoms with E-state index >= 15 is 0 Å². The van der Waals surface area contributed by atoms with Crippen LogP contribution in [0, 0.1) is 0 Å². The van der Waals surface area contributed by atoms with E-state index in [4.69, 9.17) is 19.9 Å². The lowest BCUT2D eigenvalue weighted by molar-refractivity contribution is 0.100. The largest absolute Gasteiger partial charge is 0.497 e. The summed E-state index contributed by atoms with van der Waals surface area (Å²) in [5.74, 6) is 1.65. The van der Waals surface area contributed by atoms with Crippen molar-refractivity contribution in [3.8, 4) is 17.2 Å². The minimum Gasteiger partial charge on any atom is -0.497 e. The molecule has 9 heteroatoms. The van der Waals surface area contributed by atoms with Gasteiger partial charge in [-0.1, -0.05) is 6.07 Å². The number of amides is 1. The van der Waals surface area contributed by atoms with Gasteiger partial charge in [0.15, 0.2) is 11.5 Å². The Kier molecular flexibility index (Phi) is 7.11. The number of hydrogen-bond acceptors (Lipinski definition) is 7. The third-order valence-electron chi connectivity index (χ3n) is 7.01. The average Bonchev–Trinajstić information content (AvgIpc) is 2.91. The van der Waals surface area contributed by atoms with E-state index < -0.39 is 5.91 Å². The van der Waals surface area contributed by atoms with Gasteiger partial charge in [-0.3, -0.25) is 9.59 Å². The molecule has 5 rings (SSSR count). The second-order valence-electron chi connectivity index (χ2n) is 9.27. The van der Waals surface area contributed by atoms with Crippen LogP contribution in [-0.4, -0.2) is 61.4 Å². The molecule has 1 fully saturated rings. The molecule has 0 aliphatic carbocycles. The van der Waals surface area contributed by atoms with Crippen molar-refractivity contribution in [1.82, 2.24) is 14.8 Å². The summed E-state index contributed by atoms with van der Waals surface area (Å²) < 4.78 is 18.3. The first kappa shape index (κ1) is 24.1. The predicted octanol–water partition coefficient (Wildman–Crippen LogP) is 2.13. The van der Waals surface area contributed by atoms with Crippen molar-refractivity contribution in [2.45, 2.75) is 32.0 Å². The van der Waals surface area contributed by atoms with E-state index in [1.165, 1.54) is 11.6 Å². The number of ether oxygens (including phenoxy) is 3. The highest BCUT2D eigenvalue weighted by atomic mass is 16.6. The number of aromatic nitrogens is 1. The van der Waals surface area contributed by atoms with Crippen LogP contribution in [0.4, 0.5) is 0 Å². The maximum Gasteiger partial charge on any atom is 0.251 e. The first-order chi connectivity index (χ1) is 17.5. The molecule has 2 aliphatic heterocycles. The molecule has 190 valence electrons. The van der Waals surface area contributed by atoms with Gasteiger partial charge in [0.25, 0.3) is 5.56 Å². The Labute approximate surface area is 209 Å². The van der Waals surface area contributed by atoms with E-state index in [2.05, 4.69) is 22.3 Å². The smallest absolute Gasteiger partial charge is 0.251 e. The number of hydrogen-bond donors (Lipinski definition) is 2. The Bertz CT molecular complexity index is 1310. The van der Waals surface area contributed by atoms with Crippen molar-refractivity contribution in [3.05, 3.63) is 63.9 Å². The molecule has 9 nitrogen and oxygen atoms in total. The van der Waals surface area contributed by atoms with Crippen LogP contribution in [-0.2, 0) is 13.1 Å². The SMILES string of the molecule is COc1ccc2c(C(N)=O)cc(=O)n(CCN3CCC(NCc4ccc5c(c4)OCCO5)CC3)c2c1. The van der Waals surface area contributed by atoms with Crippen molar-refractivity contribution in [2.24, 2.45) is 5.73 Å². The third-order valence-corrected chi connectivity index (χ3v) is 7.01. The molecule has 0 atom stereocenters. The van der Waals surface area contributed by atoms with E-state index in [0.29, 0.717) is 42.5 Å². The fourth-order valence-electron chi connectivity index (χ4n) is 4.98. The Morgan fingerprint density at radius 3 is 2.58 bits per heavy atom. The molecule has 0 bridgehead atoms. The van der Waals surface area contributed by atoms with Gasteiger partial charge >= 0.3 is 0 Å². The van der Waals surface area contributed by atoms with Crippen LogP contribution in [0.5, 0.6) is 17.2 Å². The normalized spacial score (nSPS) is 16.2. The van der Waals surface area contributed by atoms with Gasteiger partial charge in [-0.2, -0.15) is 0 Å². The Morgan fingerprint density at radius 2 is 1.83 bits per heavy atom. The summed E-state index contributed by atoms with van der Waals surface area (Å²) in [4.78, 5) is 27.1. The predicted molar refractivity (Wildman–Crippen MR) is 137 cm³/mol. The van der Waals surface area contributed by atoms with Gasteiger partial charge in [0.05, 0.1) is 18.2 Å². The van der Waals surface area contributed by atoms with Gasteiger partial charge < -0.3 is 34.7 Å². The van der Waals surface area contributed by atoms with E-state index in [1.807, 2.05) is 6.07 Å². The number of carbonyl (C=O) groups excluding carboxylic acids is 1. The molecule has 1 amide bonds. The zero-order chi connectivity index (χ0) is 25.1. The Hall–Kier alpha value is -3.56. The average molecular weight is 493 g/mol. The second-order valence-corrected chi connectivity index (χ2v) is 9.27. The molecular weight excluding hydrogens is 460 g/mol. The first-order valence-electron chi connectivity index (χ1n) is 12.4.